The normalized spacial score (nSPS) is 18.8. The summed E-state index contributed by atoms with van der Waals surface area (Å²) in [4.78, 5) is 9.14. The fourth-order valence-corrected chi connectivity index (χ4v) is 3.70. The Balaban J connectivity index is 1.67. The maximum absolute atomic E-state index is 5.12. The van der Waals surface area contributed by atoms with Crippen LogP contribution in [0.5, 0.6) is 0 Å². The van der Waals surface area contributed by atoms with Crippen LogP contribution in [0.3, 0.4) is 0 Å². The Morgan fingerprint density at radius 2 is 2.04 bits per heavy atom. The first-order valence-corrected chi connectivity index (χ1v) is 9.59. The van der Waals surface area contributed by atoms with Gasteiger partial charge in [-0.3, -0.25) is 0 Å². The van der Waals surface area contributed by atoms with Gasteiger partial charge in [-0.15, -0.1) is 0 Å². The minimum atomic E-state index is 0.0310. The van der Waals surface area contributed by atoms with Crippen LogP contribution in [0.15, 0.2) is 48.8 Å². The van der Waals surface area contributed by atoms with Gasteiger partial charge < -0.3 is 15.4 Å². The van der Waals surface area contributed by atoms with E-state index in [1.165, 1.54) is 5.56 Å². The summed E-state index contributed by atoms with van der Waals surface area (Å²) in [7, 11) is 1.74. The Bertz CT molecular complexity index is 770. The molecule has 27 heavy (non-hydrogen) atoms. The summed E-state index contributed by atoms with van der Waals surface area (Å²) in [6.45, 7) is 9.28. The van der Waals surface area contributed by atoms with Gasteiger partial charge >= 0.3 is 0 Å². The second kappa shape index (κ2) is 8.53. The van der Waals surface area contributed by atoms with E-state index < -0.39 is 0 Å². The van der Waals surface area contributed by atoms with Crippen LogP contribution in [0.2, 0.25) is 0 Å². The Hall–Kier alpha value is -2.40. The quantitative estimate of drug-likeness (QED) is 0.720. The van der Waals surface area contributed by atoms with E-state index in [4.69, 9.17) is 9.72 Å². The van der Waals surface area contributed by atoms with Gasteiger partial charge in [0, 0.05) is 49.2 Å². The fraction of sp³-hybridized carbons (Fsp3) is 0.455. The highest BCUT2D eigenvalue weighted by atomic mass is 16.5. The van der Waals surface area contributed by atoms with Crippen LogP contribution < -0.4 is 10.6 Å². The van der Waals surface area contributed by atoms with Crippen molar-refractivity contribution in [2.75, 3.05) is 19.0 Å². The minimum absolute atomic E-state index is 0.0310. The number of nitrogens with one attached hydrogen (secondary N) is 2. The van der Waals surface area contributed by atoms with E-state index in [0.717, 1.165) is 49.2 Å². The molecule has 1 aliphatic heterocycles. The molecule has 1 atom stereocenters. The number of nitrogens with zero attached hydrogens (tertiary/aromatic N) is 2. The number of benzene rings is 1. The predicted molar refractivity (Wildman–Crippen MR) is 111 cm³/mol. The SMILES string of the molecule is C=C1CC(Nc2nccc(-c3ccc(CCCOC)cc3)n2)CC(C)(C)N1. The molecule has 2 aromatic rings. The van der Waals surface area contributed by atoms with Gasteiger partial charge in [-0.25, -0.2) is 9.97 Å². The zero-order chi connectivity index (χ0) is 19.3. The van der Waals surface area contributed by atoms with Crippen LogP contribution in [0.25, 0.3) is 11.3 Å². The van der Waals surface area contributed by atoms with Crippen molar-refractivity contribution in [3.63, 3.8) is 0 Å². The summed E-state index contributed by atoms with van der Waals surface area (Å²) in [5, 5.41) is 6.93. The summed E-state index contributed by atoms with van der Waals surface area (Å²) >= 11 is 0. The highest BCUT2D eigenvalue weighted by Crippen LogP contribution is 2.26. The zero-order valence-corrected chi connectivity index (χ0v) is 16.6. The number of anilines is 1. The number of aryl methyl sites for hydroxylation is 1. The van der Waals surface area contributed by atoms with Gasteiger partial charge in [0.05, 0.1) is 5.69 Å². The summed E-state index contributed by atoms with van der Waals surface area (Å²) in [6.07, 6.45) is 5.76. The number of hydrogen-bond donors (Lipinski definition) is 2. The average Bonchev–Trinajstić information content (AvgIpc) is 2.61. The van der Waals surface area contributed by atoms with Crippen molar-refractivity contribution in [1.82, 2.24) is 15.3 Å². The number of ether oxygens (including phenoxy) is 1. The molecule has 1 aliphatic rings. The molecule has 0 saturated carbocycles. The van der Waals surface area contributed by atoms with Crippen LogP contribution in [0.4, 0.5) is 5.95 Å². The van der Waals surface area contributed by atoms with Gasteiger partial charge in [-0.1, -0.05) is 30.8 Å². The van der Waals surface area contributed by atoms with E-state index in [0.29, 0.717) is 5.95 Å². The first-order chi connectivity index (χ1) is 12.9. The molecule has 1 saturated heterocycles. The molecular formula is C22H30N4O. The maximum Gasteiger partial charge on any atom is 0.223 e. The molecule has 1 aromatic heterocycles. The summed E-state index contributed by atoms with van der Waals surface area (Å²) in [6, 6.07) is 10.8. The molecule has 0 aliphatic carbocycles. The van der Waals surface area contributed by atoms with Crippen LogP contribution in [0, 0.1) is 0 Å². The van der Waals surface area contributed by atoms with Gasteiger partial charge in [0.25, 0.3) is 0 Å². The molecule has 1 aromatic carbocycles. The molecule has 2 heterocycles. The van der Waals surface area contributed by atoms with Crippen LogP contribution in [-0.2, 0) is 11.2 Å². The zero-order valence-electron chi connectivity index (χ0n) is 16.6. The van der Waals surface area contributed by atoms with Crippen molar-refractivity contribution in [2.45, 2.75) is 51.1 Å². The average molecular weight is 367 g/mol. The summed E-state index contributed by atoms with van der Waals surface area (Å²) in [5.74, 6) is 0.673. The van der Waals surface area contributed by atoms with Gasteiger partial charge in [-0.2, -0.15) is 0 Å². The number of hydrogen-bond acceptors (Lipinski definition) is 5. The topological polar surface area (TPSA) is 59.1 Å². The monoisotopic (exact) mass is 366 g/mol. The van der Waals surface area contributed by atoms with Gasteiger partial charge in [0.15, 0.2) is 0 Å². The molecule has 0 radical (unpaired) electrons. The fourth-order valence-electron chi connectivity index (χ4n) is 3.70. The highest BCUT2D eigenvalue weighted by molar-refractivity contribution is 5.60. The van der Waals surface area contributed by atoms with Crippen LogP contribution in [-0.4, -0.2) is 35.3 Å². The molecule has 0 bridgehead atoms. The Labute approximate surface area is 162 Å². The molecule has 5 nitrogen and oxygen atoms in total. The Morgan fingerprint density at radius 3 is 2.74 bits per heavy atom. The minimum Gasteiger partial charge on any atom is -0.385 e. The van der Waals surface area contributed by atoms with E-state index in [-0.39, 0.29) is 11.6 Å². The second-order valence-corrected chi connectivity index (χ2v) is 7.92. The molecule has 0 amide bonds. The molecule has 5 heteroatoms. The predicted octanol–water partition coefficient (Wildman–Crippen LogP) is 4.18. The summed E-state index contributed by atoms with van der Waals surface area (Å²) < 4.78 is 5.12. The Morgan fingerprint density at radius 1 is 1.26 bits per heavy atom. The molecular weight excluding hydrogens is 336 g/mol. The largest absolute Gasteiger partial charge is 0.385 e. The van der Waals surface area contributed by atoms with Crippen molar-refractivity contribution in [3.05, 3.63) is 54.4 Å². The van der Waals surface area contributed by atoms with Gasteiger partial charge in [-0.05, 0) is 44.7 Å². The van der Waals surface area contributed by atoms with E-state index in [9.17, 15) is 0 Å². The van der Waals surface area contributed by atoms with Crippen LogP contribution in [0.1, 0.15) is 38.7 Å². The van der Waals surface area contributed by atoms with Crippen molar-refractivity contribution in [3.8, 4) is 11.3 Å². The standard InChI is InChI=1S/C22H30N4O/c1-16-14-19(15-22(2,3)26-16)24-21-23-12-11-20(25-21)18-9-7-17(8-10-18)6-5-13-27-4/h7-12,19,26H,1,5-6,13-15H2,2-4H3,(H,23,24,25). The van der Waals surface area contributed by atoms with E-state index >= 15 is 0 Å². The molecule has 2 N–H and O–H groups in total. The lowest BCUT2D eigenvalue weighted by molar-refractivity contribution is 0.195. The molecule has 1 fully saturated rings. The van der Waals surface area contributed by atoms with Crippen molar-refractivity contribution in [1.29, 1.82) is 0 Å². The number of aromatic nitrogens is 2. The van der Waals surface area contributed by atoms with E-state index in [1.807, 2.05) is 12.3 Å². The number of methoxy groups -OCH3 is 1. The molecule has 0 spiro atoms. The third-order valence-electron chi connectivity index (χ3n) is 4.82. The van der Waals surface area contributed by atoms with Gasteiger partial charge in [0.1, 0.15) is 0 Å². The first-order valence-electron chi connectivity index (χ1n) is 9.59. The third kappa shape index (κ3) is 5.54. The second-order valence-electron chi connectivity index (χ2n) is 7.92. The first kappa shape index (κ1) is 19.4. The van der Waals surface area contributed by atoms with Crippen molar-refractivity contribution < 1.29 is 4.74 Å². The van der Waals surface area contributed by atoms with E-state index in [2.05, 4.69) is 60.3 Å². The molecule has 3 rings (SSSR count). The molecule has 144 valence electrons. The third-order valence-corrected chi connectivity index (χ3v) is 4.82. The van der Waals surface area contributed by atoms with Crippen molar-refractivity contribution >= 4 is 5.95 Å². The smallest absolute Gasteiger partial charge is 0.223 e. The van der Waals surface area contributed by atoms with Gasteiger partial charge in [0.2, 0.25) is 5.95 Å². The van der Waals surface area contributed by atoms with Crippen molar-refractivity contribution in [2.24, 2.45) is 0 Å². The highest BCUT2D eigenvalue weighted by Gasteiger charge is 2.29. The Kier molecular flexibility index (Phi) is 6.11. The number of rotatable bonds is 7. The summed E-state index contributed by atoms with van der Waals surface area (Å²) in [5.41, 5.74) is 4.44. The van der Waals surface area contributed by atoms with E-state index in [1.54, 1.807) is 7.11 Å². The lowest BCUT2D eigenvalue weighted by atomic mass is 9.88. The van der Waals surface area contributed by atoms with Crippen LogP contribution >= 0.6 is 0 Å². The molecule has 1 unspecified atom stereocenters. The lowest BCUT2D eigenvalue weighted by Crippen LogP contribution is -2.48. The lowest BCUT2D eigenvalue weighted by Gasteiger charge is -2.38. The maximum atomic E-state index is 5.12. The number of piperidine rings is 1.